The molecule has 0 aromatic heterocycles. The van der Waals surface area contributed by atoms with Crippen molar-refractivity contribution in [3.63, 3.8) is 0 Å². The zero-order chi connectivity index (χ0) is 16.3. The fourth-order valence-electron chi connectivity index (χ4n) is 2.09. The molecule has 5 heteroatoms. The van der Waals surface area contributed by atoms with Gasteiger partial charge in [-0.3, -0.25) is 9.59 Å². The van der Waals surface area contributed by atoms with Gasteiger partial charge in [0.25, 0.3) is 0 Å². The minimum atomic E-state index is -0.356. The molecule has 0 spiro atoms. The van der Waals surface area contributed by atoms with Crippen molar-refractivity contribution in [1.29, 1.82) is 0 Å². The molecule has 2 rings (SSSR count). The molecule has 0 atom stereocenters. The molecule has 2 aromatic carbocycles. The molecule has 0 bridgehead atoms. The van der Waals surface area contributed by atoms with E-state index in [1.165, 1.54) is 32.2 Å². The highest BCUT2D eigenvalue weighted by molar-refractivity contribution is 6.10. The standard InChI is InChI=1S/C17H16FNO3/c1-10-8-12(4-6-14(10)18)17(21)13-5-7-16(22-3)15(9-13)19-11(2)20/h4-9H,1-3H3,(H,19,20). The Morgan fingerprint density at radius 2 is 1.73 bits per heavy atom. The van der Waals surface area contributed by atoms with Crippen molar-refractivity contribution in [2.24, 2.45) is 0 Å². The number of aryl methyl sites for hydroxylation is 1. The van der Waals surface area contributed by atoms with E-state index >= 15 is 0 Å². The Morgan fingerprint density at radius 3 is 2.32 bits per heavy atom. The molecule has 22 heavy (non-hydrogen) atoms. The summed E-state index contributed by atoms with van der Waals surface area (Å²) in [5, 5.41) is 2.62. The molecule has 0 aliphatic rings. The first-order valence-electron chi connectivity index (χ1n) is 6.69. The van der Waals surface area contributed by atoms with Gasteiger partial charge in [-0.2, -0.15) is 0 Å². The van der Waals surface area contributed by atoms with Crippen LogP contribution in [-0.4, -0.2) is 18.8 Å². The average molecular weight is 301 g/mol. The van der Waals surface area contributed by atoms with E-state index in [4.69, 9.17) is 4.74 Å². The number of rotatable bonds is 4. The Hall–Kier alpha value is -2.69. The Kier molecular flexibility index (Phi) is 4.56. The average Bonchev–Trinajstić information content (AvgIpc) is 2.48. The number of carbonyl (C=O) groups is 2. The zero-order valence-corrected chi connectivity index (χ0v) is 12.6. The predicted octanol–water partition coefficient (Wildman–Crippen LogP) is 3.33. The van der Waals surface area contributed by atoms with Crippen molar-refractivity contribution in [1.82, 2.24) is 0 Å². The van der Waals surface area contributed by atoms with Gasteiger partial charge in [0.05, 0.1) is 12.8 Å². The van der Waals surface area contributed by atoms with Crippen LogP contribution in [0.15, 0.2) is 36.4 Å². The highest BCUT2D eigenvalue weighted by atomic mass is 19.1. The summed E-state index contributed by atoms with van der Waals surface area (Å²) in [6.45, 7) is 2.97. The number of ketones is 1. The van der Waals surface area contributed by atoms with Crippen LogP contribution < -0.4 is 10.1 Å². The molecule has 0 aliphatic heterocycles. The number of methoxy groups -OCH3 is 1. The Bertz CT molecular complexity index is 741. The smallest absolute Gasteiger partial charge is 0.221 e. The lowest BCUT2D eigenvalue weighted by molar-refractivity contribution is -0.114. The van der Waals surface area contributed by atoms with Crippen molar-refractivity contribution >= 4 is 17.4 Å². The van der Waals surface area contributed by atoms with E-state index in [1.807, 2.05) is 0 Å². The molecule has 4 nitrogen and oxygen atoms in total. The summed E-state index contributed by atoms with van der Waals surface area (Å²) in [7, 11) is 1.48. The maximum atomic E-state index is 13.3. The second-order valence-electron chi connectivity index (χ2n) is 4.89. The van der Waals surface area contributed by atoms with Crippen LogP contribution >= 0.6 is 0 Å². The summed E-state index contributed by atoms with van der Waals surface area (Å²) in [5.74, 6) is -0.412. The zero-order valence-electron chi connectivity index (χ0n) is 12.6. The van der Waals surface area contributed by atoms with Crippen molar-refractivity contribution < 1.29 is 18.7 Å². The lowest BCUT2D eigenvalue weighted by Crippen LogP contribution is -2.09. The number of hydrogen-bond acceptors (Lipinski definition) is 3. The molecule has 2 aromatic rings. The first-order chi connectivity index (χ1) is 10.4. The molecular formula is C17H16FNO3. The van der Waals surface area contributed by atoms with E-state index in [0.717, 1.165) is 0 Å². The van der Waals surface area contributed by atoms with Crippen LogP contribution in [0.3, 0.4) is 0 Å². The number of nitrogens with one attached hydrogen (secondary N) is 1. The molecule has 0 saturated heterocycles. The normalized spacial score (nSPS) is 10.2. The first-order valence-corrected chi connectivity index (χ1v) is 6.69. The van der Waals surface area contributed by atoms with Crippen LogP contribution in [0, 0.1) is 12.7 Å². The summed E-state index contributed by atoms with van der Waals surface area (Å²) in [4.78, 5) is 23.7. The van der Waals surface area contributed by atoms with Gasteiger partial charge < -0.3 is 10.1 Å². The first kappa shape index (κ1) is 15.7. The molecule has 0 saturated carbocycles. The van der Waals surface area contributed by atoms with E-state index < -0.39 is 0 Å². The number of halogens is 1. The lowest BCUT2D eigenvalue weighted by atomic mass is 10.0. The van der Waals surface area contributed by atoms with Crippen molar-refractivity contribution in [3.8, 4) is 5.75 Å². The third-order valence-corrected chi connectivity index (χ3v) is 3.19. The lowest BCUT2D eigenvalue weighted by Gasteiger charge is -2.11. The monoisotopic (exact) mass is 301 g/mol. The van der Waals surface area contributed by atoms with Crippen molar-refractivity contribution in [2.75, 3.05) is 12.4 Å². The Labute approximate surface area is 127 Å². The number of ether oxygens (including phenoxy) is 1. The Morgan fingerprint density at radius 1 is 1.09 bits per heavy atom. The molecule has 0 heterocycles. The summed E-state index contributed by atoms with van der Waals surface area (Å²) in [5.41, 5.74) is 1.59. The number of hydrogen-bond donors (Lipinski definition) is 1. The molecule has 1 N–H and O–H groups in total. The third-order valence-electron chi connectivity index (χ3n) is 3.19. The van der Waals surface area contributed by atoms with E-state index in [-0.39, 0.29) is 17.5 Å². The molecule has 0 radical (unpaired) electrons. The predicted molar refractivity (Wildman–Crippen MR) is 81.9 cm³/mol. The third kappa shape index (κ3) is 3.31. The second-order valence-corrected chi connectivity index (χ2v) is 4.89. The van der Waals surface area contributed by atoms with Gasteiger partial charge in [0, 0.05) is 18.1 Å². The number of carbonyl (C=O) groups excluding carboxylic acids is 2. The summed E-state index contributed by atoms with van der Waals surface area (Å²) in [6, 6.07) is 8.95. The van der Waals surface area contributed by atoms with E-state index in [0.29, 0.717) is 28.1 Å². The summed E-state index contributed by atoms with van der Waals surface area (Å²) in [6.07, 6.45) is 0. The van der Waals surface area contributed by atoms with Crippen LogP contribution in [0.1, 0.15) is 28.4 Å². The van der Waals surface area contributed by atoms with Gasteiger partial charge in [-0.25, -0.2) is 4.39 Å². The van der Waals surface area contributed by atoms with Gasteiger partial charge in [-0.15, -0.1) is 0 Å². The maximum absolute atomic E-state index is 13.3. The van der Waals surface area contributed by atoms with E-state index in [2.05, 4.69) is 5.32 Å². The van der Waals surface area contributed by atoms with Gasteiger partial charge in [0.1, 0.15) is 11.6 Å². The molecule has 0 fully saturated rings. The summed E-state index contributed by atoms with van der Waals surface area (Å²) >= 11 is 0. The topological polar surface area (TPSA) is 55.4 Å². The molecular weight excluding hydrogens is 285 g/mol. The number of benzene rings is 2. The molecule has 114 valence electrons. The largest absolute Gasteiger partial charge is 0.495 e. The fraction of sp³-hybridized carbons (Fsp3) is 0.176. The second kappa shape index (κ2) is 6.39. The Balaban J connectivity index is 2.40. The van der Waals surface area contributed by atoms with Gasteiger partial charge in [-0.05, 0) is 48.9 Å². The van der Waals surface area contributed by atoms with E-state index in [9.17, 15) is 14.0 Å². The number of anilines is 1. The van der Waals surface area contributed by atoms with Crippen molar-refractivity contribution in [2.45, 2.75) is 13.8 Å². The van der Waals surface area contributed by atoms with Gasteiger partial charge in [-0.1, -0.05) is 0 Å². The van der Waals surface area contributed by atoms with E-state index in [1.54, 1.807) is 25.1 Å². The highest BCUT2D eigenvalue weighted by Gasteiger charge is 2.14. The fourth-order valence-corrected chi connectivity index (χ4v) is 2.09. The van der Waals surface area contributed by atoms with Gasteiger partial charge >= 0.3 is 0 Å². The molecule has 0 unspecified atom stereocenters. The maximum Gasteiger partial charge on any atom is 0.221 e. The highest BCUT2D eigenvalue weighted by Crippen LogP contribution is 2.27. The number of amides is 1. The van der Waals surface area contributed by atoms with Crippen molar-refractivity contribution in [3.05, 3.63) is 58.9 Å². The van der Waals surface area contributed by atoms with Crippen LogP contribution in [0.25, 0.3) is 0 Å². The SMILES string of the molecule is COc1ccc(C(=O)c2ccc(F)c(C)c2)cc1NC(C)=O. The molecule has 0 aliphatic carbocycles. The van der Waals surface area contributed by atoms with Gasteiger partial charge in [0.2, 0.25) is 5.91 Å². The van der Waals surface area contributed by atoms with Gasteiger partial charge in [0.15, 0.2) is 5.78 Å². The van der Waals surface area contributed by atoms with Crippen LogP contribution in [-0.2, 0) is 4.79 Å². The minimum absolute atomic E-state index is 0.252. The minimum Gasteiger partial charge on any atom is -0.495 e. The van der Waals surface area contributed by atoms with Crippen LogP contribution in [0.4, 0.5) is 10.1 Å². The van der Waals surface area contributed by atoms with Crippen LogP contribution in [0.5, 0.6) is 5.75 Å². The quantitative estimate of drug-likeness (QED) is 0.881. The summed E-state index contributed by atoms with van der Waals surface area (Å²) < 4.78 is 18.4. The molecule has 1 amide bonds. The van der Waals surface area contributed by atoms with Crippen LogP contribution in [0.2, 0.25) is 0 Å².